The normalized spacial score (nSPS) is 11.8. The van der Waals surface area contributed by atoms with Gasteiger partial charge in [0, 0.05) is 0 Å². The molecule has 0 saturated carbocycles. The van der Waals surface area contributed by atoms with Crippen LogP contribution in [0.25, 0.3) is 0 Å². The van der Waals surface area contributed by atoms with Gasteiger partial charge in [0.2, 0.25) is 0 Å². The predicted octanol–water partition coefficient (Wildman–Crippen LogP) is -0.676. The number of hydrogen-bond acceptors (Lipinski definition) is 3. The number of rotatable bonds is 2. The molecule has 0 aliphatic rings. The molecule has 1 atom stereocenters. The summed E-state index contributed by atoms with van der Waals surface area (Å²) in [5.74, 6) is 0.653. The van der Waals surface area contributed by atoms with E-state index in [9.17, 15) is 9.59 Å². The summed E-state index contributed by atoms with van der Waals surface area (Å²) in [5.41, 5.74) is 0. The fourth-order valence-corrected chi connectivity index (χ4v) is 0.179. The van der Waals surface area contributed by atoms with Crippen LogP contribution in [-0.4, -0.2) is 22.9 Å². The average molecular weight is 114 g/mol. The molecule has 1 N–H and O–H groups in total. The molecule has 0 aromatic carbocycles. The minimum Gasteiger partial charge on any atom is -0.385 e. The largest absolute Gasteiger partial charge is 0.385 e. The highest BCUT2D eigenvalue weighted by atomic mass is 16.3. The molecule has 0 spiro atoms. The van der Waals surface area contributed by atoms with E-state index < -0.39 is 11.9 Å². The Labute approximate surface area is 46.6 Å². The van der Waals surface area contributed by atoms with Gasteiger partial charge >= 0.3 is 0 Å². The van der Waals surface area contributed by atoms with Crippen LogP contribution in [0.15, 0.2) is 6.08 Å². The zero-order valence-corrected chi connectivity index (χ0v) is 4.42. The van der Waals surface area contributed by atoms with Crippen LogP contribution in [-0.2, 0) is 9.59 Å². The van der Waals surface area contributed by atoms with E-state index in [4.69, 9.17) is 5.11 Å². The van der Waals surface area contributed by atoms with Crippen LogP contribution in [0.4, 0.5) is 0 Å². The second kappa shape index (κ2) is 3.13. The summed E-state index contributed by atoms with van der Waals surface area (Å²) in [6, 6.07) is 0. The molecule has 1 unspecified atom stereocenters. The number of aliphatic hydroxyl groups excluding tert-OH is 1. The zero-order chi connectivity index (χ0) is 6.57. The molecule has 3 heteroatoms. The van der Waals surface area contributed by atoms with E-state index in [0.717, 1.165) is 0 Å². The highest BCUT2D eigenvalue weighted by Gasteiger charge is 2.02. The van der Waals surface area contributed by atoms with Gasteiger partial charge in [-0.15, -0.1) is 0 Å². The molecule has 0 amide bonds. The Hall–Kier alpha value is -0.920. The van der Waals surface area contributed by atoms with Crippen molar-refractivity contribution in [2.45, 2.75) is 13.0 Å². The Morgan fingerprint density at radius 2 is 2.38 bits per heavy atom. The number of carbonyl (C=O) groups is 1. The minimum absolute atomic E-state index is 0.611. The first-order chi connectivity index (χ1) is 3.68. The lowest BCUT2D eigenvalue weighted by molar-refractivity contribution is -0.121. The third kappa shape index (κ3) is 2.29. The Morgan fingerprint density at radius 3 is 2.50 bits per heavy atom. The molecule has 0 radical (unpaired) electrons. The maximum atomic E-state index is 10.2. The van der Waals surface area contributed by atoms with Crippen LogP contribution in [0, 0.1) is 0 Å². The zero-order valence-electron chi connectivity index (χ0n) is 4.42. The molecule has 0 fully saturated rings. The Kier molecular flexibility index (Phi) is 2.77. The highest BCUT2D eigenvalue weighted by molar-refractivity contribution is 5.98. The van der Waals surface area contributed by atoms with Crippen LogP contribution in [0.1, 0.15) is 6.92 Å². The van der Waals surface area contributed by atoms with Gasteiger partial charge in [0.15, 0.2) is 5.78 Å². The first kappa shape index (κ1) is 7.08. The van der Waals surface area contributed by atoms with Crippen molar-refractivity contribution >= 4 is 11.7 Å². The lowest BCUT2D eigenvalue weighted by Gasteiger charge is -1.91. The summed E-state index contributed by atoms with van der Waals surface area (Å²) in [4.78, 5) is 19.6. The molecule has 0 aromatic rings. The summed E-state index contributed by atoms with van der Waals surface area (Å²) in [6.45, 7) is 1.29. The molecular weight excluding hydrogens is 108 g/mol. The molecule has 0 aromatic heterocycles. The van der Waals surface area contributed by atoms with Crippen molar-refractivity contribution in [2.75, 3.05) is 0 Å². The van der Waals surface area contributed by atoms with Gasteiger partial charge in [0.05, 0.1) is 6.08 Å². The second-order valence-corrected chi connectivity index (χ2v) is 1.34. The standard InChI is InChI=1S/C5H6O3/c1-4(7)5(8)2-3-6/h2,4,7H,1H3. The molecule has 0 saturated heterocycles. The first-order valence-electron chi connectivity index (χ1n) is 2.11. The monoisotopic (exact) mass is 114 g/mol. The van der Waals surface area contributed by atoms with Crippen molar-refractivity contribution in [3.63, 3.8) is 0 Å². The smallest absolute Gasteiger partial charge is 0.194 e. The molecular formula is C5H6O3. The van der Waals surface area contributed by atoms with Crippen molar-refractivity contribution in [1.29, 1.82) is 0 Å². The van der Waals surface area contributed by atoms with Gasteiger partial charge < -0.3 is 5.11 Å². The maximum absolute atomic E-state index is 10.2. The number of hydrogen-bond donors (Lipinski definition) is 1. The lowest BCUT2D eigenvalue weighted by atomic mass is 10.3. The molecule has 0 heterocycles. The van der Waals surface area contributed by atoms with Crippen molar-refractivity contribution in [3.8, 4) is 0 Å². The Morgan fingerprint density at radius 1 is 1.88 bits per heavy atom. The van der Waals surface area contributed by atoms with E-state index in [-0.39, 0.29) is 0 Å². The predicted molar refractivity (Wildman–Crippen MR) is 27.0 cm³/mol. The van der Waals surface area contributed by atoms with Crippen LogP contribution in [0.3, 0.4) is 0 Å². The van der Waals surface area contributed by atoms with Gasteiger partial charge in [-0.1, -0.05) is 0 Å². The first-order valence-corrected chi connectivity index (χ1v) is 2.11. The van der Waals surface area contributed by atoms with Gasteiger partial charge in [-0.3, -0.25) is 4.79 Å². The SMILES string of the molecule is CC(O)C(=O)C=C=O. The quantitative estimate of drug-likeness (QED) is 0.382. The number of aliphatic hydroxyl groups is 1. The van der Waals surface area contributed by atoms with Gasteiger partial charge in [-0.05, 0) is 6.92 Å². The van der Waals surface area contributed by atoms with E-state index in [1.165, 1.54) is 12.9 Å². The van der Waals surface area contributed by atoms with Crippen LogP contribution < -0.4 is 0 Å². The van der Waals surface area contributed by atoms with E-state index in [1.807, 2.05) is 0 Å². The van der Waals surface area contributed by atoms with Crippen molar-refractivity contribution in [3.05, 3.63) is 6.08 Å². The Balaban J connectivity index is 3.84. The van der Waals surface area contributed by atoms with E-state index in [0.29, 0.717) is 6.08 Å². The molecule has 0 aliphatic heterocycles. The summed E-state index contributed by atoms with van der Waals surface area (Å²) in [5, 5.41) is 8.39. The van der Waals surface area contributed by atoms with E-state index in [2.05, 4.69) is 0 Å². The second-order valence-electron chi connectivity index (χ2n) is 1.34. The fraction of sp³-hybridized carbons (Fsp3) is 0.400. The highest BCUT2D eigenvalue weighted by Crippen LogP contribution is 1.80. The Bertz CT molecular complexity index is 131. The minimum atomic E-state index is -1.09. The van der Waals surface area contributed by atoms with Crippen LogP contribution in [0.5, 0.6) is 0 Å². The molecule has 3 nitrogen and oxygen atoms in total. The number of carbonyl (C=O) groups excluding carboxylic acids is 2. The van der Waals surface area contributed by atoms with Crippen molar-refractivity contribution < 1.29 is 14.7 Å². The maximum Gasteiger partial charge on any atom is 0.194 e. The van der Waals surface area contributed by atoms with Crippen LogP contribution >= 0.6 is 0 Å². The molecule has 0 bridgehead atoms. The third-order valence-electron chi connectivity index (χ3n) is 0.613. The average Bonchev–Trinajstić information content (AvgIpc) is 1.67. The molecule has 44 valence electrons. The molecule has 8 heavy (non-hydrogen) atoms. The molecule has 0 rings (SSSR count). The summed E-state index contributed by atoms with van der Waals surface area (Å²) in [6.07, 6.45) is -0.415. The van der Waals surface area contributed by atoms with Gasteiger partial charge in [-0.25, -0.2) is 4.79 Å². The van der Waals surface area contributed by atoms with Gasteiger partial charge in [0.25, 0.3) is 0 Å². The van der Waals surface area contributed by atoms with Crippen molar-refractivity contribution in [1.82, 2.24) is 0 Å². The third-order valence-corrected chi connectivity index (χ3v) is 0.613. The molecule has 0 aliphatic carbocycles. The van der Waals surface area contributed by atoms with Crippen LogP contribution in [0.2, 0.25) is 0 Å². The lowest BCUT2D eigenvalue weighted by Crippen LogP contribution is -2.12. The van der Waals surface area contributed by atoms with Crippen molar-refractivity contribution in [2.24, 2.45) is 0 Å². The van der Waals surface area contributed by atoms with E-state index in [1.54, 1.807) is 0 Å². The topological polar surface area (TPSA) is 54.4 Å². The van der Waals surface area contributed by atoms with E-state index >= 15 is 0 Å². The van der Waals surface area contributed by atoms with Gasteiger partial charge in [0.1, 0.15) is 12.0 Å². The fourth-order valence-electron chi connectivity index (χ4n) is 0.179. The summed E-state index contributed by atoms with van der Waals surface area (Å²) >= 11 is 0. The number of ketones is 1. The van der Waals surface area contributed by atoms with Gasteiger partial charge in [-0.2, -0.15) is 0 Å². The summed E-state index contributed by atoms with van der Waals surface area (Å²) < 4.78 is 0. The summed E-state index contributed by atoms with van der Waals surface area (Å²) in [7, 11) is 0.